The van der Waals surface area contributed by atoms with Crippen molar-refractivity contribution in [3.05, 3.63) is 34.4 Å². The van der Waals surface area contributed by atoms with E-state index in [0.29, 0.717) is 18.4 Å². The zero-order chi connectivity index (χ0) is 11.5. The Morgan fingerprint density at radius 1 is 1.25 bits per heavy atom. The monoisotopic (exact) mass is 238 g/mol. The summed E-state index contributed by atoms with van der Waals surface area (Å²) < 4.78 is 0. The van der Waals surface area contributed by atoms with Crippen LogP contribution in [-0.4, -0.2) is 23.4 Å². The van der Waals surface area contributed by atoms with Crippen molar-refractivity contribution in [2.24, 2.45) is 0 Å². The van der Waals surface area contributed by atoms with E-state index in [0.717, 1.165) is 5.69 Å². The van der Waals surface area contributed by atoms with Crippen LogP contribution in [0.25, 0.3) is 0 Å². The molecule has 0 unspecified atom stereocenters. The van der Waals surface area contributed by atoms with Crippen LogP contribution in [0.1, 0.15) is 0 Å². The van der Waals surface area contributed by atoms with E-state index >= 15 is 0 Å². The van der Waals surface area contributed by atoms with Gasteiger partial charge in [-0.3, -0.25) is 10.1 Å². The molecule has 0 atom stereocenters. The first-order valence-electron chi connectivity index (χ1n) is 4.68. The third-order valence-electron chi connectivity index (χ3n) is 2.29. The lowest BCUT2D eigenvalue weighted by atomic mass is 10.2. The zero-order valence-electron chi connectivity index (χ0n) is 8.34. The summed E-state index contributed by atoms with van der Waals surface area (Å²) in [6.07, 6.45) is 0. The van der Waals surface area contributed by atoms with Crippen molar-refractivity contribution in [1.82, 2.24) is 10.6 Å². The fourth-order valence-corrected chi connectivity index (χ4v) is 1.55. The van der Waals surface area contributed by atoms with Crippen LogP contribution in [0.4, 0.5) is 11.4 Å². The van der Waals surface area contributed by atoms with Gasteiger partial charge in [-0.05, 0) is 24.4 Å². The van der Waals surface area contributed by atoms with Gasteiger partial charge in [0, 0.05) is 17.8 Å². The quantitative estimate of drug-likeness (QED) is 0.451. The van der Waals surface area contributed by atoms with Crippen LogP contribution >= 0.6 is 12.2 Å². The normalized spacial score (nSPS) is 15.2. The van der Waals surface area contributed by atoms with Crippen LogP contribution in [0.3, 0.4) is 0 Å². The number of nitrogens with zero attached hydrogens (tertiary/aromatic N) is 2. The summed E-state index contributed by atoms with van der Waals surface area (Å²) in [5.41, 5.74) is 1.00. The van der Waals surface area contributed by atoms with E-state index in [1.165, 1.54) is 12.1 Å². The molecule has 0 saturated carbocycles. The highest BCUT2D eigenvalue weighted by molar-refractivity contribution is 7.80. The van der Waals surface area contributed by atoms with Gasteiger partial charge in [0.05, 0.1) is 18.3 Å². The molecule has 1 aromatic rings. The van der Waals surface area contributed by atoms with Crippen molar-refractivity contribution < 1.29 is 4.92 Å². The summed E-state index contributed by atoms with van der Waals surface area (Å²) in [5, 5.41) is 17.1. The van der Waals surface area contributed by atoms with Gasteiger partial charge in [0.15, 0.2) is 5.11 Å². The average molecular weight is 238 g/mol. The predicted molar refractivity (Wildman–Crippen MR) is 64.2 cm³/mol. The number of nitrogens with one attached hydrogen (secondary N) is 2. The molecule has 16 heavy (non-hydrogen) atoms. The molecule has 0 aromatic heterocycles. The van der Waals surface area contributed by atoms with Crippen molar-refractivity contribution >= 4 is 28.7 Å². The second-order valence-corrected chi connectivity index (χ2v) is 3.72. The van der Waals surface area contributed by atoms with Crippen LogP contribution in [0.2, 0.25) is 0 Å². The van der Waals surface area contributed by atoms with Gasteiger partial charge >= 0.3 is 0 Å². The highest BCUT2D eigenvalue weighted by Gasteiger charge is 2.13. The molecule has 1 saturated heterocycles. The minimum Gasteiger partial charge on any atom is -0.345 e. The molecule has 0 radical (unpaired) electrons. The minimum atomic E-state index is -0.411. The lowest BCUT2D eigenvalue weighted by Crippen LogP contribution is -2.54. The van der Waals surface area contributed by atoms with E-state index in [1.54, 1.807) is 12.1 Å². The highest BCUT2D eigenvalue weighted by atomic mass is 32.1. The number of benzene rings is 1. The number of thiocarbonyl (C=S) groups is 1. The number of anilines is 1. The Hall–Kier alpha value is -1.89. The van der Waals surface area contributed by atoms with Crippen molar-refractivity contribution in [2.45, 2.75) is 0 Å². The minimum absolute atomic E-state index is 0.0946. The van der Waals surface area contributed by atoms with Gasteiger partial charge in [0.2, 0.25) is 0 Å². The Balaban J connectivity index is 2.10. The van der Waals surface area contributed by atoms with Crippen molar-refractivity contribution in [3.63, 3.8) is 0 Å². The zero-order valence-corrected chi connectivity index (χ0v) is 9.16. The molecule has 1 aliphatic heterocycles. The number of hydrogen-bond donors (Lipinski definition) is 2. The van der Waals surface area contributed by atoms with E-state index < -0.39 is 4.92 Å². The van der Waals surface area contributed by atoms with Crippen molar-refractivity contribution in [3.8, 4) is 0 Å². The number of nitro groups is 1. The largest absolute Gasteiger partial charge is 0.345 e. The molecule has 2 rings (SSSR count). The molecule has 84 valence electrons. The first-order valence-corrected chi connectivity index (χ1v) is 5.09. The smallest absolute Gasteiger partial charge is 0.269 e. The van der Waals surface area contributed by atoms with Crippen LogP contribution in [0, 0.1) is 10.1 Å². The van der Waals surface area contributed by atoms with Crippen molar-refractivity contribution in [1.29, 1.82) is 0 Å². The summed E-state index contributed by atoms with van der Waals surface area (Å²) in [5.74, 6) is 0. The third-order valence-corrected chi connectivity index (χ3v) is 2.58. The molecular formula is C9H10N4O2S. The van der Waals surface area contributed by atoms with Gasteiger partial charge in [-0.25, -0.2) is 0 Å². The SMILES string of the molecule is O=[N+]([O-])c1ccc(N2CNC(=S)NC2)cc1. The van der Waals surface area contributed by atoms with Gasteiger partial charge in [0.25, 0.3) is 5.69 Å². The second-order valence-electron chi connectivity index (χ2n) is 3.31. The molecule has 0 amide bonds. The van der Waals surface area contributed by atoms with Gasteiger partial charge < -0.3 is 15.5 Å². The Labute approximate surface area is 97.4 Å². The fourth-order valence-electron chi connectivity index (χ4n) is 1.42. The molecule has 1 fully saturated rings. The third kappa shape index (κ3) is 2.19. The highest BCUT2D eigenvalue weighted by Crippen LogP contribution is 2.18. The van der Waals surface area contributed by atoms with Crippen LogP contribution in [-0.2, 0) is 0 Å². The number of rotatable bonds is 2. The molecule has 7 heteroatoms. The summed E-state index contributed by atoms with van der Waals surface area (Å²) in [4.78, 5) is 12.1. The Kier molecular flexibility index (Phi) is 2.86. The molecular weight excluding hydrogens is 228 g/mol. The standard InChI is InChI=1S/C9H10N4O2S/c14-13(15)8-3-1-7(2-4-8)12-5-10-9(16)11-6-12/h1-4H,5-6H2,(H2,10,11,16). The molecule has 1 heterocycles. The predicted octanol–water partition coefficient (Wildman–Crippen LogP) is 0.794. The topological polar surface area (TPSA) is 70.4 Å². The number of hydrogen-bond acceptors (Lipinski definition) is 4. The first kappa shape index (κ1) is 10.6. The van der Waals surface area contributed by atoms with Gasteiger partial charge in [-0.2, -0.15) is 0 Å². The van der Waals surface area contributed by atoms with E-state index in [9.17, 15) is 10.1 Å². The lowest BCUT2D eigenvalue weighted by Gasteiger charge is -2.31. The van der Waals surface area contributed by atoms with E-state index in [-0.39, 0.29) is 5.69 Å². The summed E-state index contributed by atoms with van der Waals surface area (Å²) >= 11 is 4.93. The van der Waals surface area contributed by atoms with Gasteiger partial charge in [-0.1, -0.05) is 0 Å². The Morgan fingerprint density at radius 2 is 1.81 bits per heavy atom. The molecule has 2 N–H and O–H groups in total. The van der Waals surface area contributed by atoms with Gasteiger partial charge in [-0.15, -0.1) is 0 Å². The van der Waals surface area contributed by atoms with E-state index in [2.05, 4.69) is 10.6 Å². The summed E-state index contributed by atoms with van der Waals surface area (Å²) in [6, 6.07) is 6.41. The van der Waals surface area contributed by atoms with Crippen molar-refractivity contribution in [2.75, 3.05) is 18.2 Å². The molecule has 1 aliphatic rings. The van der Waals surface area contributed by atoms with Gasteiger partial charge in [0.1, 0.15) is 0 Å². The first-order chi connectivity index (χ1) is 7.66. The average Bonchev–Trinajstić information content (AvgIpc) is 2.30. The molecule has 0 bridgehead atoms. The summed E-state index contributed by atoms with van der Waals surface area (Å²) in [6.45, 7) is 1.20. The maximum atomic E-state index is 10.5. The number of nitro benzene ring substituents is 1. The van der Waals surface area contributed by atoms with Crippen LogP contribution in [0.5, 0.6) is 0 Å². The van der Waals surface area contributed by atoms with Crippen LogP contribution < -0.4 is 15.5 Å². The molecule has 1 aromatic carbocycles. The maximum Gasteiger partial charge on any atom is 0.269 e. The maximum absolute atomic E-state index is 10.5. The molecule has 0 aliphatic carbocycles. The molecule has 0 spiro atoms. The molecule has 6 nitrogen and oxygen atoms in total. The van der Waals surface area contributed by atoms with Crippen LogP contribution in [0.15, 0.2) is 24.3 Å². The van der Waals surface area contributed by atoms with E-state index in [4.69, 9.17) is 12.2 Å². The van der Waals surface area contributed by atoms with E-state index in [1.807, 2.05) is 4.90 Å². The summed E-state index contributed by atoms with van der Waals surface area (Å²) in [7, 11) is 0. The fraction of sp³-hybridized carbons (Fsp3) is 0.222. The second kappa shape index (κ2) is 4.31. The Morgan fingerprint density at radius 3 is 2.31 bits per heavy atom. The number of non-ortho nitro benzene ring substituents is 1. The lowest BCUT2D eigenvalue weighted by molar-refractivity contribution is -0.384. The Bertz CT molecular complexity index is 410.